The van der Waals surface area contributed by atoms with E-state index in [2.05, 4.69) is 34.0 Å². The Labute approximate surface area is 166 Å². The van der Waals surface area contributed by atoms with Crippen molar-refractivity contribution in [2.24, 2.45) is 10.4 Å². The standard InChI is InChI=1S/C17H28N4OS.HI/c1-4-18-16(19-12-14-8-7-11-23-14)20-13-17(9-5-6-10-17)15(22)21(2)3;/h7-8,11H,4-6,9-10,12-13H2,1-3H3,(H2,18,19,20);1H. The summed E-state index contributed by atoms with van der Waals surface area (Å²) < 4.78 is 0. The number of hydrogen-bond donors (Lipinski definition) is 2. The number of rotatable bonds is 6. The molecule has 0 aromatic carbocycles. The molecule has 0 bridgehead atoms. The zero-order valence-corrected chi connectivity index (χ0v) is 17.9. The van der Waals surface area contributed by atoms with Gasteiger partial charge >= 0.3 is 0 Å². The number of nitrogens with one attached hydrogen (secondary N) is 2. The molecule has 1 aliphatic carbocycles. The van der Waals surface area contributed by atoms with Gasteiger partial charge in [-0.1, -0.05) is 18.9 Å². The zero-order chi connectivity index (χ0) is 16.7. The Bertz CT molecular complexity index is 525. The molecule has 0 unspecified atom stereocenters. The van der Waals surface area contributed by atoms with E-state index in [1.807, 2.05) is 20.2 Å². The maximum atomic E-state index is 12.6. The van der Waals surface area contributed by atoms with Crippen LogP contribution in [0, 0.1) is 5.41 Å². The average molecular weight is 464 g/mol. The summed E-state index contributed by atoms with van der Waals surface area (Å²) in [5.41, 5.74) is -0.275. The number of hydrogen-bond acceptors (Lipinski definition) is 3. The smallest absolute Gasteiger partial charge is 0.230 e. The molecule has 0 spiro atoms. The molecule has 5 nitrogen and oxygen atoms in total. The van der Waals surface area contributed by atoms with E-state index in [4.69, 9.17) is 0 Å². The molecule has 1 fully saturated rings. The van der Waals surface area contributed by atoms with Crippen LogP contribution < -0.4 is 10.6 Å². The van der Waals surface area contributed by atoms with Crippen molar-refractivity contribution < 1.29 is 4.79 Å². The Morgan fingerprint density at radius 1 is 1.33 bits per heavy atom. The van der Waals surface area contributed by atoms with Crippen LogP contribution in [0.15, 0.2) is 22.5 Å². The average Bonchev–Trinajstić information content (AvgIpc) is 3.21. The van der Waals surface area contributed by atoms with Crippen LogP contribution in [-0.4, -0.2) is 44.0 Å². The maximum absolute atomic E-state index is 12.6. The molecule has 2 rings (SSSR count). The Hall–Kier alpha value is -0.830. The quantitative estimate of drug-likeness (QED) is 0.387. The van der Waals surface area contributed by atoms with Crippen molar-refractivity contribution in [3.05, 3.63) is 22.4 Å². The van der Waals surface area contributed by atoms with Gasteiger partial charge in [0.15, 0.2) is 5.96 Å². The normalized spacial score (nSPS) is 16.4. The monoisotopic (exact) mass is 464 g/mol. The van der Waals surface area contributed by atoms with Crippen LogP contribution in [0.25, 0.3) is 0 Å². The molecule has 7 heteroatoms. The van der Waals surface area contributed by atoms with Crippen molar-refractivity contribution in [3.8, 4) is 0 Å². The number of halogens is 1. The lowest BCUT2D eigenvalue weighted by atomic mass is 9.84. The van der Waals surface area contributed by atoms with Crippen molar-refractivity contribution in [2.75, 3.05) is 27.2 Å². The summed E-state index contributed by atoms with van der Waals surface area (Å²) in [4.78, 5) is 20.2. The molecule has 0 aliphatic heterocycles. The summed E-state index contributed by atoms with van der Waals surface area (Å²) in [6.45, 7) is 4.19. The Morgan fingerprint density at radius 2 is 2.04 bits per heavy atom. The molecule has 1 saturated carbocycles. The first-order valence-corrected chi connectivity index (χ1v) is 9.22. The van der Waals surface area contributed by atoms with Crippen molar-refractivity contribution >= 4 is 47.2 Å². The summed E-state index contributed by atoms with van der Waals surface area (Å²) in [6, 6.07) is 4.13. The van der Waals surface area contributed by atoms with Crippen molar-refractivity contribution in [2.45, 2.75) is 39.2 Å². The van der Waals surface area contributed by atoms with E-state index < -0.39 is 0 Å². The summed E-state index contributed by atoms with van der Waals surface area (Å²) in [6.07, 6.45) is 4.18. The minimum absolute atomic E-state index is 0. The van der Waals surface area contributed by atoms with Crippen LogP contribution in [0.4, 0.5) is 0 Å². The molecule has 1 aliphatic rings. The lowest BCUT2D eigenvalue weighted by Crippen LogP contribution is -2.49. The predicted molar refractivity (Wildman–Crippen MR) is 112 cm³/mol. The van der Waals surface area contributed by atoms with Crippen LogP contribution >= 0.6 is 35.3 Å². The third kappa shape index (κ3) is 5.61. The van der Waals surface area contributed by atoms with Crippen molar-refractivity contribution in [3.63, 3.8) is 0 Å². The fourth-order valence-electron chi connectivity index (χ4n) is 3.15. The minimum Gasteiger partial charge on any atom is -0.357 e. The summed E-state index contributed by atoms with van der Waals surface area (Å²) in [5.74, 6) is 1.02. The number of guanidine groups is 1. The van der Waals surface area contributed by atoms with Gasteiger partial charge in [0.05, 0.1) is 12.0 Å². The molecule has 0 saturated heterocycles. The van der Waals surface area contributed by atoms with Gasteiger partial charge in [0, 0.05) is 32.1 Å². The second-order valence-corrected chi connectivity index (χ2v) is 7.35. The van der Waals surface area contributed by atoms with E-state index in [1.54, 1.807) is 16.2 Å². The molecule has 1 amide bonds. The van der Waals surface area contributed by atoms with Gasteiger partial charge in [-0.3, -0.25) is 4.79 Å². The van der Waals surface area contributed by atoms with Crippen LogP contribution in [0.2, 0.25) is 0 Å². The first-order valence-electron chi connectivity index (χ1n) is 8.34. The van der Waals surface area contributed by atoms with Gasteiger partial charge in [-0.2, -0.15) is 0 Å². The highest BCUT2D eigenvalue weighted by Crippen LogP contribution is 2.38. The van der Waals surface area contributed by atoms with Crippen molar-refractivity contribution in [1.29, 1.82) is 0 Å². The zero-order valence-electron chi connectivity index (χ0n) is 14.8. The fraction of sp³-hybridized carbons (Fsp3) is 0.647. The number of carbonyl (C=O) groups excluding carboxylic acids is 1. The van der Waals surface area contributed by atoms with Gasteiger partial charge in [0.25, 0.3) is 0 Å². The van der Waals surface area contributed by atoms with Gasteiger partial charge in [0.2, 0.25) is 5.91 Å². The van der Waals surface area contributed by atoms with Gasteiger partial charge in [-0.25, -0.2) is 4.99 Å². The van der Waals surface area contributed by atoms with E-state index in [9.17, 15) is 4.79 Å². The molecule has 1 aromatic heterocycles. The third-order valence-electron chi connectivity index (χ3n) is 4.33. The topological polar surface area (TPSA) is 56.7 Å². The van der Waals surface area contributed by atoms with Gasteiger partial charge < -0.3 is 15.5 Å². The number of carbonyl (C=O) groups is 1. The van der Waals surface area contributed by atoms with Crippen LogP contribution in [0.3, 0.4) is 0 Å². The van der Waals surface area contributed by atoms with Crippen LogP contribution in [0.1, 0.15) is 37.5 Å². The molecule has 24 heavy (non-hydrogen) atoms. The minimum atomic E-state index is -0.275. The fourth-order valence-corrected chi connectivity index (χ4v) is 3.77. The molecular weight excluding hydrogens is 435 g/mol. The van der Waals surface area contributed by atoms with Crippen LogP contribution in [0.5, 0.6) is 0 Å². The number of thiophene rings is 1. The molecule has 1 heterocycles. The second kappa shape index (κ2) is 10.2. The SMILES string of the molecule is CCNC(=NCc1cccs1)NCC1(C(=O)N(C)C)CCCC1.I. The highest BCUT2D eigenvalue weighted by atomic mass is 127. The van der Waals surface area contributed by atoms with E-state index in [0.717, 1.165) is 38.2 Å². The summed E-state index contributed by atoms with van der Waals surface area (Å²) >= 11 is 1.71. The van der Waals surface area contributed by atoms with E-state index in [-0.39, 0.29) is 35.3 Å². The predicted octanol–water partition coefficient (Wildman–Crippen LogP) is 3.07. The Balaban J connectivity index is 0.00000288. The Morgan fingerprint density at radius 3 is 2.58 bits per heavy atom. The molecular formula is C17H29IN4OS. The molecule has 2 N–H and O–H groups in total. The lowest BCUT2D eigenvalue weighted by molar-refractivity contribution is -0.138. The summed E-state index contributed by atoms with van der Waals surface area (Å²) in [5, 5.41) is 8.73. The molecule has 136 valence electrons. The number of nitrogens with zero attached hydrogens (tertiary/aromatic N) is 2. The first-order chi connectivity index (χ1) is 11.1. The van der Waals surface area contributed by atoms with E-state index in [0.29, 0.717) is 13.1 Å². The first kappa shape index (κ1) is 21.2. The van der Waals surface area contributed by atoms with Gasteiger partial charge in [-0.15, -0.1) is 35.3 Å². The lowest BCUT2D eigenvalue weighted by Gasteiger charge is -2.31. The second-order valence-electron chi connectivity index (χ2n) is 6.32. The third-order valence-corrected chi connectivity index (χ3v) is 5.19. The Kier molecular flexibility index (Phi) is 9.04. The number of aliphatic imine (C=N–C) groups is 1. The van der Waals surface area contributed by atoms with E-state index >= 15 is 0 Å². The highest BCUT2D eigenvalue weighted by molar-refractivity contribution is 14.0. The van der Waals surface area contributed by atoms with Gasteiger partial charge in [-0.05, 0) is 31.2 Å². The van der Waals surface area contributed by atoms with Crippen molar-refractivity contribution in [1.82, 2.24) is 15.5 Å². The number of amides is 1. The maximum Gasteiger partial charge on any atom is 0.230 e. The van der Waals surface area contributed by atoms with E-state index in [1.165, 1.54) is 4.88 Å². The van der Waals surface area contributed by atoms with Crippen LogP contribution in [-0.2, 0) is 11.3 Å². The molecule has 0 atom stereocenters. The summed E-state index contributed by atoms with van der Waals surface area (Å²) in [7, 11) is 3.69. The largest absolute Gasteiger partial charge is 0.357 e. The highest BCUT2D eigenvalue weighted by Gasteiger charge is 2.42. The van der Waals surface area contributed by atoms with Gasteiger partial charge in [0.1, 0.15) is 0 Å². The molecule has 0 radical (unpaired) electrons. The molecule has 1 aromatic rings.